The molecule has 3 nitrogen and oxygen atoms in total. The Bertz CT molecular complexity index is 499. The van der Waals surface area contributed by atoms with Crippen LogP contribution in [0.3, 0.4) is 0 Å². The first kappa shape index (κ1) is 15.3. The van der Waals surface area contributed by atoms with Gasteiger partial charge in [0.25, 0.3) is 0 Å². The van der Waals surface area contributed by atoms with Crippen molar-refractivity contribution in [3.05, 3.63) is 29.0 Å². The molecule has 1 aromatic rings. The number of rotatable bonds is 3. The van der Waals surface area contributed by atoms with E-state index in [9.17, 15) is 9.18 Å². The number of carbonyl (C=O) groups excluding carboxylic acids is 1. The fourth-order valence-corrected chi connectivity index (χ4v) is 2.70. The summed E-state index contributed by atoms with van der Waals surface area (Å²) >= 11 is 5.84. The fraction of sp³-hybridized carbons (Fsp3) is 0.533. The van der Waals surface area contributed by atoms with Gasteiger partial charge in [-0.25, -0.2) is 4.39 Å². The van der Waals surface area contributed by atoms with Crippen molar-refractivity contribution in [2.75, 3.05) is 18.4 Å². The maximum absolute atomic E-state index is 13.7. The summed E-state index contributed by atoms with van der Waals surface area (Å²) in [5, 5.41) is 6.37. The van der Waals surface area contributed by atoms with Gasteiger partial charge in [-0.2, -0.15) is 0 Å². The maximum atomic E-state index is 13.7. The van der Waals surface area contributed by atoms with Crippen LogP contribution in [0.15, 0.2) is 18.2 Å². The van der Waals surface area contributed by atoms with E-state index in [0.29, 0.717) is 5.02 Å². The van der Waals surface area contributed by atoms with Gasteiger partial charge in [-0.1, -0.05) is 25.4 Å². The smallest absolute Gasteiger partial charge is 0.230 e. The minimum Gasteiger partial charge on any atom is -0.323 e. The Labute approximate surface area is 123 Å². The van der Waals surface area contributed by atoms with Crippen molar-refractivity contribution in [2.24, 2.45) is 11.3 Å². The molecule has 0 bridgehead atoms. The molecule has 1 aromatic carbocycles. The molecule has 1 unspecified atom stereocenters. The zero-order valence-corrected chi connectivity index (χ0v) is 12.6. The highest BCUT2D eigenvalue weighted by atomic mass is 35.5. The van der Waals surface area contributed by atoms with E-state index in [2.05, 4.69) is 10.6 Å². The molecule has 110 valence electrons. The van der Waals surface area contributed by atoms with Gasteiger partial charge in [0, 0.05) is 10.4 Å². The second kappa shape index (κ2) is 6.10. The maximum Gasteiger partial charge on any atom is 0.230 e. The van der Waals surface area contributed by atoms with Crippen LogP contribution in [0.5, 0.6) is 0 Å². The predicted molar refractivity (Wildman–Crippen MR) is 79.4 cm³/mol. The molecule has 2 rings (SSSR count). The quantitative estimate of drug-likeness (QED) is 0.897. The van der Waals surface area contributed by atoms with Gasteiger partial charge < -0.3 is 10.6 Å². The largest absolute Gasteiger partial charge is 0.323 e. The highest BCUT2D eigenvalue weighted by Crippen LogP contribution is 2.33. The average Bonchev–Trinajstić information content (AvgIpc) is 2.43. The third kappa shape index (κ3) is 3.30. The Balaban J connectivity index is 2.11. The first-order chi connectivity index (χ1) is 9.41. The van der Waals surface area contributed by atoms with E-state index in [4.69, 9.17) is 11.6 Å². The van der Waals surface area contributed by atoms with Crippen LogP contribution in [0.1, 0.15) is 26.7 Å². The topological polar surface area (TPSA) is 41.1 Å². The van der Waals surface area contributed by atoms with E-state index in [-0.39, 0.29) is 17.5 Å². The normalized spacial score (nSPS) is 19.7. The SMILES string of the molecule is CC(C)(C(=O)Nc1cc(Cl)ccc1F)C1CCCNC1. The van der Waals surface area contributed by atoms with Gasteiger partial charge in [-0.05, 0) is 50.0 Å². The van der Waals surface area contributed by atoms with E-state index in [1.165, 1.54) is 18.2 Å². The van der Waals surface area contributed by atoms with Crippen LogP contribution in [0.4, 0.5) is 10.1 Å². The van der Waals surface area contributed by atoms with Crippen molar-refractivity contribution in [1.29, 1.82) is 0 Å². The molecule has 5 heteroatoms. The molecule has 0 spiro atoms. The minimum atomic E-state index is -0.553. The van der Waals surface area contributed by atoms with Crippen molar-refractivity contribution in [3.63, 3.8) is 0 Å². The summed E-state index contributed by atoms with van der Waals surface area (Å²) in [5.74, 6) is -0.397. The highest BCUT2D eigenvalue weighted by Gasteiger charge is 2.37. The van der Waals surface area contributed by atoms with Gasteiger partial charge in [0.15, 0.2) is 0 Å². The van der Waals surface area contributed by atoms with E-state index in [1.54, 1.807) is 0 Å². The van der Waals surface area contributed by atoms with Crippen molar-refractivity contribution in [2.45, 2.75) is 26.7 Å². The molecule has 2 N–H and O–H groups in total. The Morgan fingerprint density at radius 3 is 2.90 bits per heavy atom. The number of carbonyl (C=O) groups is 1. The molecular formula is C15H20ClFN2O. The Kier molecular flexibility index (Phi) is 4.66. The third-order valence-electron chi connectivity index (χ3n) is 4.08. The van der Waals surface area contributed by atoms with E-state index in [0.717, 1.165) is 25.9 Å². The predicted octanol–water partition coefficient (Wildman–Crippen LogP) is 3.44. The number of nitrogens with one attached hydrogen (secondary N) is 2. The lowest BCUT2D eigenvalue weighted by Gasteiger charge is -2.36. The first-order valence-electron chi connectivity index (χ1n) is 6.88. The molecular weight excluding hydrogens is 279 g/mol. The number of hydrogen-bond acceptors (Lipinski definition) is 2. The summed E-state index contributed by atoms with van der Waals surface area (Å²) in [4.78, 5) is 12.4. The van der Waals surface area contributed by atoms with E-state index < -0.39 is 11.2 Å². The first-order valence-corrected chi connectivity index (χ1v) is 7.26. The second-order valence-corrected chi connectivity index (χ2v) is 6.28. The van der Waals surface area contributed by atoms with Crippen LogP contribution in [0, 0.1) is 17.2 Å². The molecule has 1 saturated heterocycles. The van der Waals surface area contributed by atoms with Crippen LogP contribution in [-0.2, 0) is 4.79 Å². The monoisotopic (exact) mass is 298 g/mol. The number of benzene rings is 1. The van der Waals surface area contributed by atoms with Crippen LogP contribution < -0.4 is 10.6 Å². The number of piperidine rings is 1. The zero-order chi connectivity index (χ0) is 14.8. The third-order valence-corrected chi connectivity index (χ3v) is 4.31. The van der Waals surface area contributed by atoms with Crippen molar-refractivity contribution < 1.29 is 9.18 Å². The van der Waals surface area contributed by atoms with Crippen LogP contribution >= 0.6 is 11.6 Å². The van der Waals surface area contributed by atoms with Gasteiger partial charge in [0.05, 0.1) is 5.69 Å². The summed E-state index contributed by atoms with van der Waals surface area (Å²) in [6.45, 7) is 5.63. The van der Waals surface area contributed by atoms with Gasteiger partial charge in [0.2, 0.25) is 5.91 Å². The summed E-state index contributed by atoms with van der Waals surface area (Å²) in [6, 6.07) is 4.15. The second-order valence-electron chi connectivity index (χ2n) is 5.84. The molecule has 1 amide bonds. The lowest BCUT2D eigenvalue weighted by Crippen LogP contribution is -2.44. The van der Waals surface area contributed by atoms with Crippen molar-refractivity contribution >= 4 is 23.2 Å². The molecule has 1 aliphatic rings. The van der Waals surface area contributed by atoms with Crippen molar-refractivity contribution in [1.82, 2.24) is 5.32 Å². The van der Waals surface area contributed by atoms with Gasteiger partial charge in [-0.15, -0.1) is 0 Å². The molecule has 0 aliphatic carbocycles. The lowest BCUT2D eigenvalue weighted by molar-refractivity contribution is -0.127. The summed E-state index contributed by atoms with van der Waals surface area (Å²) in [5.41, 5.74) is -0.415. The summed E-state index contributed by atoms with van der Waals surface area (Å²) in [7, 11) is 0. The van der Waals surface area contributed by atoms with E-state index >= 15 is 0 Å². The fourth-order valence-electron chi connectivity index (χ4n) is 2.53. The minimum absolute atomic E-state index is 0.138. The standard InChI is InChI=1S/C15H20ClFN2O/c1-15(2,10-4-3-7-18-9-10)14(20)19-13-8-11(16)5-6-12(13)17/h5-6,8,10,18H,3-4,7,9H2,1-2H3,(H,19,20). The molecule has 0 saturated carbocycles. The molecule has 1 heterocycles. The van der Waals surface area contributed by atoms with Gasteiger partial charge >= 0.3 is 0 Å². The van der Waals surface area contributed by atoms with Crippen LogP contribution in [0.2, 0.25) is 5.02 Å². The summed E-state index contributed by atoms with van der Waals surface area (Å²) < 4.78 is 13.7. The average molecular weight is 299 g/mol. The van der Waals surface area contributed by atoms with Crippen LogP contribution in [0.25, 0.3) is 0 Å². The highest BCUT2D eigenvalue weighted by molar-refractivity contribution is 6.30. The number of amides is 1. The molecule has 1 atom stereocenters. The van der Waals surface area contributed by atoms with Gasteiger partial charge in [0.1, 0.15) is 5.82 Å². The van der Waals surface area contributed by atoms with Gasteiger partial charge in [-0.3, -0.25) is 4.79 Å². The number of hydrogen-bond donors (Lipinski definition) is 2. The molecule has 0 aromatic heterocycles. The number of anilines is 1. The number of halogens is 2. The molecule has 1 fully saturated rings. The van der Waals surface area contributed by atoms with Crippen molar-refractivity contribution in [3.8, 4) is 0 Å². The summed E-state index contributed by atoms with van der Waals surface area (Å²) in [6.07, 6.45) is 2.07. The molecule has 20 heavy (non-hydrogen) atoms. The molecule has 1 aliphatic heterocycles. The zero-order valence-electron chi connectivity index (χ0n) is 11.8. The lowest BCUT2D eigenvalue weighted by atomic mass is 9.74. The van der Waals surface area contributed by atoms with Crippen LogP contribution in [-0.4, -0.2) is 19.0 Å². The molecule has 0 radical (unpaired) electrons. The Morgan fingerprint density at radius 1 is 1.50 bits per heavy atom. The Hall–Kier alpha value is -1.13. The van der Waals surface area contributed by atoms with E-state index in [1.807, 2.05) is 13.8 Å². The Morgan fingerprint density at radius 2 is 2.25 bits per heavy atom.